The molecule has 3 N–H and O–H groups in total. The van der Waals surface area contributed by atoms with E-state index in [-0.39, 0.29) is 11.9 Å². The molecular formula is C18H18N4OS. The third-order valence-corrected chi connectivity index (χ3v) is 5.56. The molecule has 5 nitrogen and oxygen atoms in total. The van der Waals surface area contributed by atoms with Gasteiger partial charge in [-0.3, -0.25) is 14.8 Å². The van der Waals surface area contributed by atoms with Crippen molar-refractivity contribution in [3.05, 3.63) is 64.7 Å². The first kappa shape index (κ1) is 15.1. The average Bonchev–Trinajstić information content (AvgIpc) is 3.25. The van der Waals surface area contributed by atoms with Gasteiger partial charge in [0.25, 0.3) is 0 Å². The highest BCUT2D eigenvalue weighted by molar-refractivity contribution is 7.15. The van der Waals surface area contributed by atoms with Gasteiger partial charge in [-0.1, -0.05) is 24.3 Å². The molecule has 24 heavy (non-hydrogen) atoms. The molecule has 0 bridgehead atoms. The number of aromatic nitrogens is 2. The smallest absolute Gasteiger partial charge is 0.235 e. The van der Waals surface area contributed by atoms with E-state index >= 15 is 0 Å². The predicted molar refractivity (Wildman–Crippen MR) is 94.3 cm³/mol. The Morgan fingerprint density at radius 1 is 1.25 bits per heavy atom. The Hall–Kier alpha value is -2.44. The highest BCUT2D eigenvalue weighted by atomic mass is 32.1. The molecule has 6 heteroatoms. The van der Waals surface area contributed by atoms with E-state index in [2.05, 4.69) is 39.4 Å². The molecule has 1 unspecified atom stereocenters. The molecule has 1 aromatic carbocycles. The topological polar surface area (TPSA) is 75.0 Å². The molecule has 1 aliphatic heterocycles. The van der Waals surface area contributed by atoms with Gasteiger partial charge in [0.05, 0.1) is 16.6 Å². The fraction of sp³-hybridized carbons (Fsp3) is 0.222. The normalized spacial score (nSPS) is 17.6. The maximum Gasteiger partial charge on any atom is 0.235 e. The van der Waals surface area contributed by atoms with Crippen LogP contribution in [0.4, 0.5) is 0 Å². The van der Waals surface area contributed by atoms with Crippen molar-refractivity contribution >= 4 is 17.2 Å². The molecule has 1 atom stereocenters. The van der Waals surface area contributed by atoms with Crippen LogP contribution in [0.15, 0.2) is 48.7 Å². The number of primary amides is 1. The Morgan fingerprint density at radius 2 is 2.08 bits per heavy atom. The summed E-state index contributed by atoms with van der Waals surface area (Å²) in [5.74, 6) is -0.255. The van der Waals surface area contributed by atoms with Crippen molar-refractivity contribution in [3.63, 3.8) is 0 Å². The summed E-state index contributed by atoms with van der Waals surface area (Å²) in [4.78, 5) is 16.5. The number of H-pyrrole nitrogens is 1. The molecule has 0 radical (unpaired) electrons. The first-order chi connectivity index (χ1) is 11.7. The van der Waals surface area contributed by atoms with Gasteiger partial charge in [-0.25, -0.2) is 0 Å². The molecule has 0 aliphatic carbocycles. The SMILES string of the molecule is NC(=O)C1Cc2ccccc2CN1Cc1ccc(-c2ccn[nH]2)s1. The number of nitrogens with two attached hydrogens (primary N) is 1. The number of rotatable bonds is 4. The minimum absolute atomic E-state index is 0.252. The van der Waals surface area contributed by atoms with Crippen LogP contribution in [0.3, 0.4) is 0 Å². The van der Waals surface area contributed by atoms with Crippen LogP contribution < -0.4 is 5.73 Å². The van der Waals surface area contributed by atoms with Gasteiger partial charge < -0.3 is 5.73 Å². The maximum atomic E-state index is 11.9. The summed E-state index contributed by atoms with van der Waals surface area (Å²) in [6.07, 6.45) is 2.43. The quantitative estimate of drug-likeness (QED) is 0.768. The van der Waals surface area contributed by atoms with Gasteiger partial charge in [0, 0.05) is 24.2 Å². The molecule has 2 aromatic heterocycles. The molecule has 3 heterocycles. The first-order valence-electron chi connectivity index (χ1n) is 7.89. The lowest BCUT2D eigenvalue weighted by Crippen LogP contribution is -2.47. The van der Waals surface area contributed by atoms with Gasteiger partial charge in [-0.15, -0.1) is 11.3 Å². The van der Waals surface area contributed by atoms with Crippen LogP contribution in [0.2, 0.25) is 0 Å². The van der Waals surface area contributed by atoms with Crippen LogP contribution in [0.1, 0.15) is 16.0 Å². The zero-order valence-corrected chi connectivity index (χ0v) is 13.9. The van der Waals surface area contributed by atoms with E-state index in [4.69, 9.17) is 5.73 Å². The lowest BCUT2D eigenvalue weighted by Gasteiger charge is -2.34. The lowest BCUT2D eigenvalue weighted by molar-refractivity contribution is -0.124. The van der Waals surface area contributed by atoms with Gasteiger partial charge >= 0.3 is 0 Å². The Labute approximate surface area is 144 Å². The molecule has 3 aromatic rings. The fourth-order valence-corrected chi connectivity index (χ4v) is 4.23. The van der Waals surface area contributed by atoms with Crippen LogP contribution in [0.5, 0.6) is 0 Å². The van der Waals surface area contributed by atoms with E-state index in [1.807, 2.05) is 18.2 Å². The number of thiophene rings is 1. The summed E-state index contributed by atoms with van der Waals surface area (Å²) in [6, 6.07) is 14.2. The Kier molecular flexibility index (Phi) is 3.92. The highest BCUT2D eigenvalue weighted by Gasteiger charge is 2.30. The van der Waals surface area contributed by atoms with Crippen molar-refractivity contribution in [2.75, 3.05) is 0 Å². The van der Waals surface area contributed by atoms with Crippen molar-refractivity contribution in [2.45, 2.75) is 25.6 Å². The zero-order valence-electron chi connectivity index (χ0n) is 13.1. The molecule has 1 amide bonds. The second-order valence-electron chi connectivity index (χ2n) is 6.03. The van der Waals surface area contributed by atoms with E-state index in [9.17, 15) is 4.79 Å². The summed E-state index contributed by atoms with van der Waals surface area (Å²) in [7, 11) is 0. The number of carbonyl (C=O) groups excluding carboxylic acids is 1. The van der Waals surface area contributed by atoms with Crippen LogP contribution in [-0.2, 0) is 24.3 Å². The highest BCUT2D eigenvalue weighted by Crippen LogP contribution is 2.30. The van der Waals surface area contributed by atoms with Gasteiger partial charge in [-0.05, 0) is 35.7 Å². The number of hydrogen-bond donors (Lipinski definition) is 2. The Balaban J connectivity index is 1.57. The number of nitrogens with zero attached hydrogens (tertiary/aromatic N) is 2. The minimum atomic E-state index is -0.255. The van der Waals surface area contributed by atoms with Crippen LogP contribution in [-0.4, -0.2) is 27.0 Å². The zero-order chi connectivity index (χ0) is 16.5. The average molecular weight is 338 g/mol. The van der Waals surface area contributed by atoms with E-state index in [0.29, 0.717) is 6.42 Å². The number of nitrogens with one attached hydrogen (secondary N) is 1. The summed E-state index contributed by atoms with van der Waals surface area (Å²) in [5, 5.41) is 6.98. The molecule has 122 valence electrons. The summed E-state index contributed by atoms with van der Waals surface area (Å²) in [5.41, 5.74) is 9.18. The van der Waals surface area contributed by atoms with Crippen molar-refractivity contribution in [1.29, 1.82) is 0 Å². The van der Waals surface area contributed by atoms with Gasteiger partial charge in [0.2, 0.25) is 5.91 Å². The van der Waals surface area contributed by atoms with Gasteiger partial charge in [-0.2, -0.15) is 5.10 Å². The van der Waals surface area contributed by atoms with Crippen molar-refractivity contribution < 1.29 is 4.79 Å². The fourth-order valence-electron chi connectivity index (χ4n) is 3.22. The van der Waals surface area contributed by atoms with Crippen LogP contribution in [0.25, 0.3) is 10.6 Å². The predicted octanol–water partition coefficient (Wildman–Crippen LogP) is 2.55. The number of fused-ring (bicyclic) bond motifs is 1. The third kappa shape index (κ3) is 2.86. The van der Waals surface area contributed by atoms with E-state index < -0.39 is 0 Å². The van der Waals surface area contributed by atoms with Crippen LogP contribution in [0, 0.1) is 0 Å². The maximum absolute atomic E-state index is 11.9. The molecule has 0 spiro atoms. The number of carbonyl (C=O) groups is 1. The van der Waals surface area contributed by atoms with Gasteiger partial charge in [0.15, 0.2) is 0 Å². The van der Waals surface area contributed by atoms with E-state index in [0.717, 1.165) is 23.7 Å². The molecule has 0 saturated heterocycles. The molecule has 0 fully saturated rings. The largest absolute Gasteiger partial charge is 0.368 e. The monoisotopic (exact) mass is 338 g/mol. The summed E-state index contributed by atoms with van der Waals surface area (Å²) >= 11 is 1.71. The number of hydrogen-bond acceptors (Lipinski definition) is 4. The van der Waals surface area contributed by atoms with Gasteiger partial charge in [0.1, 0.15) is 0 Å². The second-order valence-corrected chi connectivity index (χ2v) is 7.20. The Morgan fingerprint density at radius 3 is 2.83 bits per heavy atom. The molecule has 1 aliphatic rings. The molecule has 4 rings (SSSR count). The van der Waals surface area contributed by atoms with E-state index in [1.54, 1.807) is 17.5 Å². The molecular weight excluding hydrogens is 320 g/mol. The first-order valence-corrected chi connectivity index (χ1v) is 8.71. The minimum Gasteiger partial charge on any atom is -0.368 e. The van der Waals surface area contributed by atoms with Crippen LogP contribution >= 0.6 is 11.3 Å². The van der Waals surface area contributed by atoms with Crippen molar-refractivity contribution in [2.24, 2.45) is 5.73 Å². The number of aromatic amines is 1. The van der Waals surface area contributed by atoms with E-state index in [1.165, 1.54) is 16.0 Å². The Bertz CT molecular complexity index is 856. The second kappa shape index (κ2) is 6.22. The van der Waals surface area contributed by atoms with Crippen molar-refractivity contribution in [3.8, 4) is 10.6 Å². The molecule has 0 saturated carbocycles. The number of benzene rings is 1. The summed E-state index contributed by atoms with van der Waals surface area (Å²) < 4.78 is 0. The third-order valence-electron chi connectivity index (χ3n) is 4.46. The standard InChI is InChI=1S/C18H18N4OS/c19-18(23)16-9-12-3-1-2-4-13(12)10-22(16)11-14-5-6-17(24-14)15-7-8-20-21-15/h1-8,16H,9-11H2,(H2,19,23)(H,20,21). The number of amides is 1. The lowest BCUT2D eigenvalue weighted by atomic mass is 9.93. The summed E-state index contributed by atoms with van der Waals surface area (Å²) in [6.45, 7) is 1.47. The van der Waals surface area contributed by atoms with Crippen molar-refractivity contribution in [1.82, 2.24) is 15.1 Å².